The molecule has 2 heterocycles. The molecule has 0 saturated heterocycles. The first-order valence-electron chi connectivity index (χ1n) is 5.47. The maximum atomic E-state index is 12.7. The average molecular weight is 276 g/mol. The standard InChI is InChI=1S/C14H11ClFN3/c1-3-10-4-6-13(19-14(10)9(2)15)18-12-7-5-11(16)8-17-12/h3-8H,1-2H2,(H,17,18,19). The molecule has 1 N–H and O–H groups in total. The number of pyridine rings is 2. The van der Waals surface area contributed by atoms with Gasteiger partial charge in [-0.25, -0.2) is 14.4 Å². The number of nitrogens with one attached hydrogen (secondary N) is 1. The van der Waals surface area contributed by atoms with E-state index in [1.54, 1.807) is 12.1 Å². The molecule has 3 nitrogen and oxygen atoms in total. The van der Waals surface area contributed by atoms with Gasteiger partial charge in [0.25, 0.3) is 0 Å². The molecule has 0 saturated carbocycles. The fourth-order valence-electron chi connectivity index (χ4n) is 1.50. The van der Waals surface area contributed by atoms with Crippen LogP contribution in [0.15, 0.2) is 43.6 Å². The number of hydrogen-bond acceptors (Lipinski definition) is 3. The van der Waals surface area contributed by atoms with Gasteiger partial charge in [0.15, 0.2) is 0 Å². The molecule has 0 bridgehead atoms. The zero-order chi connectivity index (χ0) is 13.8. The minimum atomic E-state index is -0.393. The monoisotopic (exact) mass is 275 g/mol. The van der Waals surface area contributed by atoms with Gasteiger partial charge in [0.2, 0.25) is 0 Å². The molecule has 2 aromatic rings. The van der Waals surface area contributed by atoms with Gasteiger partial charge < -0.3 is 5.32 Å². The first-order valence-corrected chi connectivity index (χ1v) is 5.85. The molecular weight excluding hydrogens is 265 g/mol. The Balaban J connectivity index is 2.31. The van der Waals surface area contributed by atoms with Gasteiger partial charge in [-0.2, -0.15) is 0 Å². The second-order valence-electron chi connectivity index (χ2n) is 3.73. The van der Waals surface area contributed by atoms with E-state index in [4.69, 9.17) is 11.6 Å². The van der Waals surface area contributed by atoms with E-state index in [-0.39, 0.29) is 0 Å². The van der Waals surface area contributed by atoms with Crippen LogP contribution in [0.1, 0.15) is 11.3 Å². The molecule has 0 spiro atoms. The highest BCUT2D eigenvalue weighted by Gasteiger charge is 2.06. The molecule has 0 aliphatic rings. The van der Waals surface area contributed by atoms with Crippen LogP contribution < -0.4 is 5.32 Å². The Kier molecular flexibility index (Phi) is 3.92. The number of hydrogen-bond donors (Lipinski definition) is 1. The Bertz CT molecular complexity index is 623. The van der Waals surface area contributed by atoms with Gasteiger partial charge in [0.1, 0.15) is 17.5 Å². The predicted molar refractivity (Wildman–Crippen MR) is 76.7 cm³/mol. The summed E-state index contributed by atoms with van der Waals surface area (Å²) in [5.41, 5.74) is 1.33. The van der Waals surface area contributed by atoms with Crippen molar-refractivity contribution in [1.82, 2.24) is 9.97 Å². The third kappa shape index (κ3) is 3.17. The zero-order valence-corrected chi connectivity index (χ0v) is 10.8. The molecule has 96 valence electrons. The highest BCUT2D eigenvalue weighted by molar-refractivity contribution is 6.48. The topological polar surface area (TPSA) is 37.8 Å². The summed E-state index contributed by atoms with van der Waals surface area (Å²) in [5.74, 6) is 0.642. The molecule has 19 heavy (non-hydrogen) atoms. The van der Waals surface area contributed by atoms with Crippen LogP contribution in [0.25, 0.3) is 11.1 Å². The summed E-state index contributed by atoms with van der Waals surface area (Å²) in [6.07, 6.45) is 2.78. The molecule has 0 fully saturated rings. The summed E-state index contributed by atoms with van der Waals surface area (Å²) in [7, 11) is 0. The second kappa shape index (κ2) is 5.63. The van der Waals surface area contributed by atoms with Crippen LogP contribution in [0.2, 0.25) is 0 Å². The molecule has 0 unspecified atom stereocenters. The van der Waals surface area contributed by atoms with E-state index < -0.39 is 5.82 Å². The molecule has 5 heteroatoms. The number of halogens is 2. The van der Waals surface area contributed by atoms with Crippen molar-refractivity contribution in [1.29, 1.82) is 0 Å². The molecule has 0 aliphatic carbocycles. The molecule has 0 amide bonds. The Morgan fingerprint density at radius 3 is 2.58 bits per heavy atom. The minimum absolute atomic E-state index is 0.325. The molecular formula is C14H11ClFN3. The van der Waals surface area contributed by atoms with Crippen LogP contribution in [0.4, 0.5) is 16.0 Å². The van der Waals surface area contributed by atoms with Crippen molar-refractivity contribution in [3.05, 3.63) is 60.7 Å². The first-order chi connectivity index (χ1) is 9.10. The summed E-state index contributed by atoms with van der Waals surface area (Å²) in [5, 5.41) is 3.28. The van der Waals surface area contributed by atoms with Crippen LogP contribution in [0, 0.1) is 5.82 Å². The lowest BCUT2D eigenvalue weighted by Crippen LogP contribution is -1.99. The van der Waals surface area contributed by atoms with Crippen molar-refractivity contribution in [3.63, 3.8) is 0 Å². The molecule has 2 aromatic heterocycles. The Hall–Kier alpha value is -2.20. The van der Waals surface area contributed by atoms with E-state index in [2.05, 4.69) is 28.4 Å². The second-order valence-corrected chi connectivity index (χ2v) is 4.19. The summed E-state index contributed by atoms with van der Waals surface area (Å²) in [6.45, 7) is 7.34. The van der Waals surface area contributed by atoms with Crippen LogP contribution >= 0.6 is 11.6 Å². The third-order valence-corrected chi connectivity index (χ3v) is 2.57. The molecule has 0 atom stereocenters. The lowest BCUT2D eigenvalue weighted by atomic mass is 10.2. The van der Waals surface area contributed by atoms with Gasteiger partial charge >= 0.3 is 0 Å². The van der Waals surface area contributed by atoms with Gasteiger partial charge in [-0.15, -0.1) is 0 Å². The Labute approximate surface area is 115 Å². The van der Waals surface area contributed by atoms with Gasteiger partial charge in [-0.3, -0.25) is 0 Å². The van der Waals surface area contributed by atoms with Crippen molar-refractivity contribution in [2.75, 3.05) is 5.32 Å². The molecule has 0 aliphatic heterocycles. The summed E-state index contributed by atoms with van der Waals surface area (Å²) < 4.78 is 12.7. The van der Waals surface area contributed by atoms with E-state index in [0.29, 0.717) is 22.4 Å². The number of nitrogens with zero attached hydrogens (tertiary/aromatic N) is 2. The average Bonchev–Trinajstić information content (AvgIpc) is 2.41. The number of rotatable bonds is 4. The lowest BCUT2D eigenvalue weighted by molar-refractivity contribution is 0.622. The highest BCUT2D eigenvalue weighted by atomic mass is 35.5. The maximum Gasteiger partial charge on any atom is 0.141 e. The zero-order valence-electron chi connectivity index (χ0n) is 10.0. The SMILES string of the molecule is C=Cc1ccc(Nc2ccc(F)cn2)nc1C(=C)Cl. The van der Waals surface area contributed by atoms with Crippen molar-refractivity contribution < 1.29 is 4.39 Å². The summed E-state index contributed by atoms with van der Waals surface area (Å²) in [6, 6.07) is 6.41. The van der Waals surface area contributed by atoms with E-state index in [0.717, 1.165) is 11.8 Å². The summed E-state index contributed by atoms with van der Waals surface area (Å²) in [4.78, 5) is 8.20. The maximum absolute atomic E-state index is 12.7. The van der Waals surface area contributed by atoms with Crippen LogP contribution in [-0.4, -0.2) is 9.97 Å². The van der Waals surface area contributed by atoms with Crippen LogP contribution in [0.5, 0.6) is 0 Å². The van der Waals surface area contributed by atoms with Crippen molar-refractivity contribution in [2.24, 2.45) is 0 Å². The van der Waals surface area contributed by atoms with Crippen molar-refractivity contribution in [2.45, 2.75) is 0 Å². The predicted octanol–water partition coefficient (Wildman–Crippen LogP) is 4.21. The minimum Gasteiger partial charge on any atom is -0.325 e. The molecule has 2 rings (SSSR count). The Morgan fingerprint density at radius 1 is 1.26 bits per heavy atom. The Morgan fingerprint density at radius 2 is 2.00 bits per heavy atom. The summed E-state index contributed by atoms with van der Waals surface area (Å²) >= 11 is 5.89. The quantitative estimate of drug-likeness (QED) is 0.908. The van der Waals surface area contributed by atoms with Crippen LogP contribution in [-0.2, 0) is 0 Å². The highest BCUT2D eigenvalue weighted by Crippen LogP contribution is 2.23. The van der Waals surface area contributed by atoms with E-state index >= 15 is 0 Å². The fraction of sp³-hybridized carbons (Fsp3) is 0. The van der Waals surface area contributed by atoms with Gasteiger partial charge in [0.05, 0.1) is 16.9 Å². The lowest BCUT2D eigenvalue weighted by Gasteiger charge is -2.08. The molecule has 0 aromatic carbocycles. The largest absolute Gasteiger partial charge is 0.325 e. The first kappa shape index (κ1) is 13.2. The van der Waals surface area contributed by atoms with E-state index in [9.17, 15) is 4.39 Å². The third-order valence-electron chi connectivity index (χ3n) is 2.39. The smallest absolute Gasteiger partial charge is 0.141 e. The van der Waals surface area contributed by atoms with Crippen molar-refractivity contribution in [3.8, 4) is 0 Å². The van der Waals surface area contributed by atoms with E-state index in [1.807, 2.05) is 6.07 Å². The van der Waals surface area contributed by atoms with E-state index in [1.165, 1.54) is 12.1 Å². The van der Waals surface area contributed by atoms with Gasteiger partial charge in [-0.05, 0) is 24.3 Å². The normalized spacial score (nSPS) is 10.0. The molecule has 0 radical (unpaired) electrons. The van der Waals surface area contributed by atoms with Crippen LogP contribution in [0.3, 0.4) is 0 Å². The van der Waals surface area contributed by atoms with Gasteiger partial charge in [0, 0.05) is 5.56 Å². The number of aromatic nitrogens is 2. The fourth-order valence-corrected chi connectivity index (χ4v) is 1.65. The number of anilines is 2. The van der Waals surface area contributed by atoms with Crippen molar-refractivity contribution >= 4 is 34.3 Å². The van der Waals surface area contributed by atoms with Gasteiger partial charge in [-0.1, -0.05) is 30.8 Å².